The third kappa shape index (κ3) is 3.83. The van der Waals surface area contributed by atoms with Gasteiger partial charge in [0.1, 0.15) is 18.2 Å². The minimum absolute atomic E-state index is 0.227. The molecule has 4 rings (SSSR count). The summed E-state index contributed by atoms with van der Waals surface area (Å²) >= 11 is 0. The van der Waals surface area contributed by atoms with Crippen LogP contribution in [-0.4, -0.2) is 33.7 Å². The van der Waals surface area contributed by atoms with E-state index >= 15 is 0 Å². The minimum Gasteiger partial charge on any atom is -0.492 e. The number of carbonyl (C=O) groups is 1. The largest absolute Gasteiger partial charge is 0.492 e. The number of hydrogen-bond donors (Lipinski definition) is 1. The van der Waals surface area contributed by atoms with Gasteiger partial charge in [-0.1, -0.05) is 18.2 Å². The normalized spacial score (nSPS) is 10.8. The molecule has 0 aliphatic rings. The lowest BCUT2D eigenvalue weighted by molar-refractivity contribution is 0.0946. The van der Waals surface area contributed by atoms with Crippen LogP contribution in [0.4, 0.5) is 4.39 Å². The first kappa shape index (κ1) is 17.7. The molecule has 2 aromatic heterocycles. The van der Waals surface area contributed by atoms with E-state index in [1.54, 1.807) is 35.2 Å². The summed E-state index contributed by atoms with van der Waals surface area (Å²) in [4.78, 5) is 16.7. The van der Waals surface area contributed by atoms with E-state index in [9.17, 15) is 9.18 Å². The molecule has 0 bridgehead atoms. The summed E-state index contributed by atoms with van der Waals surface area (Å²) in [6.07, 6.45) is 5.00. The maximum absolute atomic E-state index is 14.1. The van der Waals surface area contributed by atoms with Crippen molar-refractivity contribution in [2.45, 2.75) is 0 Å². The third-order valence-corrected chi connectivity index (χ3v) is 4.15. The Hall–Kier alpha value is -3.74. The highest BCUT2D eigenvalue weighted by Gasteiger charge is 2.13. The van der Waals surface area contributed by atoms with Gasteiger partial charge in [0.2, 0.25) is 0 Å². The summed E-state index contributed by atoms with van der Waals surface area (Å²) in [5, 5.41) is 6.94. The van der Waals surface area contributed by atoms with Gasteiger partial charge in [-0.25, -0.2) is 13.9 Å². The van der Waals surface area contributed by atoms with Crippen molar-refractivity contribution in [1.29, 1.82) is 0 Å². The molecule has 2 heterocycles. The Bertz CT molecular complexity index is 1110. The molecule has 0 unspecified atom stereocenters. The van der Waals surface area contributed by atoms with Crippen molar-refractivity contribution in [3.05, 3.63) is 84.6 Å². The van der Waals surface area contributed by atoms with Gasteiger partial charge in [0.25, 0.3) is 5.91 Å². The van der Waals surface area contributed by atoms with E-state index in [0.29, 0.717) is 29.9 Å². The van der Waals surface area contributed by atoms with Crippen LogP contribution in [0.25, 0.3) is 16.8 Å². The summed E-state index contributed by atoms with van der Waals surface area (Å²) in [6, 6.07) is 15.3. The Morgan fingerprint density at radius 2 is 2.00 bits per heavy atom. The molecular formula is C21H17FN4O2. The number of nitrogens with zero attached hydrogens (tertiary/aromatic N) is 3. The summed E-state index contributed by atoms with van der Waals surface area (Å²) in [7, 11) is 0. The van der Waals surface area contributed by atoms with Crippen molar-refractivity contribution in [1.82, 2.24) is 19.9 Å². The first-order valence-corrected chi connectivity index (χ1v) is 8.76. The summed E-state index contributed by atoms with van der Waals surface area (Å²) in [6.45, 7) is 0.619. The molecule has 6 nitrogen and oxygen atoms in total. The maximum atomic E-state index is 14.1. The molecule has 0 spiro atoms. The number of ether oxygens (including phenoxy) is 1. The highest BCUT2D eigenvalue weighted by molar-refractivity contribution is 5.96. The average molecular weight is 376 g/mol. The number of aromatic nitrogens is 3. The van der Waals surface area contributed by atoms with Gasteiger partial charge in [0.05, 0.1) is 12.7 Å². The van der Waals surface area contributed by atoms with Crippen molar-refractivity contribution in [2.24, 2.45) is 0 Å². The van der Waals surface area contributed by atoms with Crippen molar-refractivity contribution in [3.8, 4) is 16.9 Å². The maximum Gasteiger partial charge on any atom is 0.251 e. The van der Waals surface area contributed by atoms with Crippen molar-refractivity contribution in [2.75, 3.05) is 13.2 Å². The summed E-state index contributed by atoms with van der Waals surface area (Å²) in [5.74, 6) is -0.148. The molecule has 0 saturated heterocycles. The topological polar surface area (TPSA) is 68.5 Å². The first-order chi connectivity index (χ1) is 13.7. The van der Waals surface area contributed by atoms with E-state index in [1.165, 1.54) is 12.1 Å². The molecule has 0 aliphatic carbocycles. The third-order valence-electron chi connectivity index (χ3n) is 4.15. The second kappa shape index (κ2) is 7.87. The number of benzene rings is 2. The lowest BCUT2D eigenvalue weighted by atomic mass is 10.0. The number of carbonyl (C=O) groups excluding carboxylic acids is 1. The number of halogens is 1. The Kier molecular flexibility index (Phi) is 4.97. The summed E-state index contributed by atoms with van der Waals surface area (Å²) in [5.41, 5.74) is 2.02. The zero-order valence-corrected chi connectivity index (χ0v) is 14.9. The zero-order valence-electron chi connectivity index (χ0n) is 14.9. The quantitative estimate of drug-likeness (QED) is 0.524. The van der Waals surface area contributed by atoms with E-state index in [0.717, 1.165) is 5.75 Å². The van der Waals surface area contributed by atoms with Crippen LogP contribution >= 0.6 is 0 Å². The standard InChI is InChI=1S/C21H17FN4O2/c22-17-12-15(19-14-25-26-9-4-7-23-20(19)26)11-16(13-17)21(27)24-8-10-28-18-5-2-1-3-6-18/h1-7,9,11-14H,8,10H2,(H,24,27). The fourth-order valence-electron chi connectivity index (χ4n) is 2.86. The molecule has 0 fully saturated rings. The minimum atomic E-state index is -0.501. The number of hydrogen-bond acceptors (Lipinski definition) is 4. The van der Waals surface area contributed by atoms with E-state index < -0.39 is 5.82 Å². The average Bonchev–Trinajstić information content (AvgIpc) is 3.15. The fourth-order valence-corrected chi connectivity index (χ4v) is 2.86. The SMILES string of the molecule is O=C(NCCOc1ccccc1)c1cc(F)cc(-c2cnn3cccnc23)c1. The molecule has 0 aliphatic heterocycles. The van der Waals surface area contributed by atoms with E-state index in [-0.39, 0.29) is 11.5 Å². The van der Waals surface area contributed by atoms with E-state index in [4.69, 9.17) is 4.74 Å². The second-order valence-electron chi connectivity index (χ2n) is 6.09. The van der Waals surface area contributed by atoms with E-state index in [1.807, 2.05) is 30.3 Å². The Labute approximate surface area is 160 Å². The molecule has 1 N–H and O–H groups in total. The van der Waals surface area contributed by atoms with Gasteiger partial charge in [-0.15, -0.1) is 0 Å². The molecule has 2 aromatic carbocycles. The van der Waals surface area contributed by atoms with Crippen molar-refractivity contribution in [3.63, 3.8) is 0 Å². The molecule has 7 heteroatoms. The number of para-hydroxylation sites is 1. The number of rotatable bonds is 6. The van der Waals surface area contributed by atoms with Gasteiger partial charge >= 0.3 is 0 Å². The number of nitrogens with one attached hydrogen (secondary N) is 1. The molecule has 4 aromatic rings. The predicted octanol–water partition coefficient (Wildman–Crippen LogP) is 3.34. The molecule has 0 atom stereocenters. The highest BCUT2D eigenvalue weighted by atomic mass is 19.1. The molecule has 0 saturated carbocycles. The lowest BCUT2D eigenvalue weighted by Crippen LogP contribution is -2.28. The van der Waals surface area contributed by atoms with Gasteiger partial charge in [0.15, 0.2) is 5.65 Å². The van der Waals surface area contributed by atoms with Gasteiger partial charge in [0, 0.05) is 23.5 Å². The first-order valence-electron chi connectivity index (χ1n) is 8.76. The van der Waals surface area contributed by atoms with Crippen LogP contribution in [0.2, 0.25) is 0 Å². The predicted molar refractivity (Wildman–Crippen MR) is 103 cm³/mol. The Morgan fingerprint density at radius 3 is 2.86 bits per heavy atom. The van der Waals surface area contributed by atoms with Crippen molar-refractivity contribution < 1.29 is 13.9 Å². The van der Waals surface area contributed by atoms with Crippen LogP contribution in [0, 0.1) is 5.82 Å². The van der Waals surface area contributed by atoms with Gasteiger partial charge < -0.3 is 10.1 Å². The van der Waals surface area contributed by atoms with Gasteiger partial charge in [-0.3, -0.25) is 4.79 Å². The highest BCUT2D eigenvalue weighted by Crippen LogP contribution is 2.25. The van der Waals surface area contributed by atoms with E-state index in [2.05, 4.69) is 15.4 Å². The monoisotopic (exact) mass is 376 g/mol. The Balaban J connectivity index is 1.47. The molecule has 1 amide bonds. The van der Waals surface area contributed by atoms with Crippen LogP contribution in [0.1, 0.15) is 10.4 Å². The van der Waals surface area contributed by atoms with Crippen LogP contribution in [-0.2, 0) is 0 Å². The number of amides is 1. The van der Waals surface area contributed by atoms with Crippen LogP contribution in [0.5, 0.6) is 5.75 Å². The second-order valence-corrected chi connectivity index (χ2v) is 6.09. The van der Waals surface area contributed by atoms with Crippen LogP contribution in [0.15, 0.2) is 73.2 Å². The Morgan fingerprint density at radius 1 is 1.14 bits per heavy atom. The lowest BCUT2D eigenvalue weighted by Gasteiger charge is -2.09. The van der Waals surface area contributed by atoms with Gasteiger partial charge in [-0.05, 0) is 42.0 Å². The molecule has 140 valence electrons. The van der Waals surface area contributed by atoms with Gasteiger partial charge in [-0.2, -0.15) is 5.10 Å². The zero-order chi connectivity index (χ0) is 19.3. The molecule has 0 radical (unpaired) electrons. The molecule has 28 heavy (non-hydrogen) atoms. The molecular weight excluding hydrogens is 359 g/mol. The number of fused-ring (bicyclic) bond motifs is 1. The van der Waals surface area contributed by atoms with Crippen LogP contribution < -0.4 is 10.1 Å². The fraction of sp³-hybridized carbons (Fsp3) is 0.0952. The smallest absolute Gasteiger partial charge is 0.251 e. The van der Waals surface area contributed by atoms with Crippen molar-refractivity contribution >= 4 is 11.6 Å². The summed E-state index contributed by atoms with van der Waals surface area (Å²) < 4.78 is 21.3. The van der Waals surface area contributed by atoms with Crippen LogP contribution in [0.3, 0.4) is 0 Å².